The molecule has 0 saturated carbocycles. The maximum Gasteiger partial charge on any atom is 0.326 e. The molecule has 27 heavy (non-hydrogen) atoms. The molecular formula is C20H27N3O4. The highest BCUT2D eigenvalue weighted by Crippen LogP contribution is 2.20. The van der Waals surface area contributed by atoms with Crippen molar-refractivity contribution in [2.24, 2.45) is 5.92 Å². The Labute approximate surface area is 159 Å². The first-order valence-corrected chi connectivity index (χ1v) is 9.64. The number of carboxylic acids is 1. The number of hydrogen-bond donors (Lipinski definition) is 3. The number of likely N-dealkylation sites (tertiary alicyclic amines) is 1. The summed E-state index contributed by atoms with van der Waals surface area (Å²) < 4.78 is 0. The summed E-state index contributed by atoms with van der Waals surface area (Å²) in [4.78, 5) is 38.3. The summed E-state index contributed by atoms with van der Waals surface area (Å²) in [6, 6.07) is 8.24. The number of aliphatic carboxylic acids is 1. The number of hydrogen-bond acceptors (Lipinski definition) is 4. The van der Waals surface area contributed by atoms with Crippen LogP contribution in [0.1, 0.15) is 31.2 Å². The Morgan fingerprint density at radius 3 is 2.44 bits per heavy atom. The lowest BCUT2D eigenvalue weighted by Gasteiger charge is -2.33. The SMILES string of the molecule is O=C(NC(Cc1ccccc1)C(=O)O)C1CCN(C(=O)C2CCCN2)CC1. The molecule has 146 valence electrons. The van der Waals surface area contributed by atoms with Crippen LogP contribution in [0.15, 0.2) is 30.3 Å². The number of carboxylic acid groups (broad SMARTS) is 1. The molecular weight excluding hydrogens is 346 g/mol. The molecule has 7 heteroatoms. The first-order chi connectivity index (χ1) is 13.0. The second-order valence-electron chi connectivity index (χ2n) is 7.34. The van der Waals surface area contributed by atoms with Gasteiger partial charge in [0.2, 0.25) is 11.8 Å². The zero-order valence-electron chi connectivity index (χ0n) is 15.4. The number of carbonyl (C=O) groups excluding carboxylic acids is 2. The molecule has 2 unspecified atom stereocenters. The maximum absolute atomic E-state index is 12.5. The van der Waals surface area contributed by atoms with Crippen LogP contribution in [0.3, 0.4) is 0 Å². The molecule has 2 aliphatic rings. The molecule has 0 aromatic heterocycles. The number of amides is 2. The van der Waals surface area contributed by atoms with Crippen molar-refractivity contribution < 1.29 is 19.5 Å². The van der Waals surface area contributed by atoms with Gasteiger partial charge < -0.3 is 20.6 Å². The van der Waals surface area contributed by atoms with Crippen LogP contribution in [0.2, 0.25) is 0 Å². The molecule has 2 amide bonds. The summed E-state index contributed by atoms with van der Waals surface area (Å²) in [7, 11) is 0. The molecule has 1 aromatic carbocycles. The number of nitrogens with zero attached hydrogens (tertiary/aromatic N) is 1. The van der Waals surface area contributed by atoms with E-state index < -0.39 is 12.0 Å². The van der Waals surface area contributed by atoms with Crippen LogP contribution in [-0.4, -0.2) is 59.5 Å². The molecule has 0 spiro atoms. The number of rotatable bonds is 6. The minimum absolute atomic E-state index is 0.0855. The molecule has 2 heterocycles. The molecule has 1 aromatic rings. The first kappa shape index (κ1) is 19.4. The predicted octanol–water partition coefficient (Wildman–Crippen LogP) is 0.789. The third-order valence-corrected chi connectivity index (χ3v) is 5.43. The lowest BCUT2D eigenvalue weighted by molar-refractivity contribution is -0.143. The van der Waals surface area contributed by atoms with E-state index >= 15 is 0 Å². The molecule has 2 atom stereocenters. The molecule has 0 aliphatic carbocycles. The van der Waals surface area contributed by atoms with E-state index in [1.54, 1.807) is 0 Å². The monoisotopic (exact) mass is 373 g/mol. The van der Waals surface area contributed by atoms with Gasteiger partial charge in [-0.1, -0.05) is 30.3 Å². The highest BCUT2D eigenvalue weighted by Gasteiger charge is 2.33. The van der Waals surface area contributed by atoms with Gasteiger partial charge in [0.1, 0.15) is 6.04 Å². The van der Waals surface area contributed by atoms with E-state index in [1.165, 1.54) is 0 Å². The largest absolute Gasteiger partial charge is 0.480 e. The summed E-state index contributed by atoms with van der Waals surface area (Å²) >= 11 is 0. The number of benzene rings is 1. The summed E-state index contributed by atoms with van der Waals surface area (Å²) in [6.07, 6.45) is 3.29. The van der Waals surface area contributed by atoms with Crippen LogP contribution in [0, 0.1) is 5.92 Å². The summed E-state index contributed by atoms with van der Waals surface area (Å²) in [5.74, 6) is -1.39. The molecule has 3 rings (SSSR count). The molecule has 0 radical (unpaired) electrons. The van der Waals surface area contributed by atoms with Crippen molar-refractivity contribution in [3.05, 3.63) is 35.9 Å². The Balaban J connectivity index is 1.50. The standard InChI is InChI=1S/C20H27N3O4/c24-18(22-17(20(26)27)13-14-5-2-1-3-6-14)15-8-11-23(12-9-15)19(25)16-7-4-10-21-16/h1-3,5-6,15-17,21H,4,7-13H2,(H,22,24)(H,26,27). The number of nitrogens with one attached hydrogen (secondary N) is 2. The second-order valence-corrected chi connectivity index (χ2v) is 7.34. The smallest absolute Gasteiger partial charge is 0.326 e. The first-order valence-electron chi connectivity index (χ1n) is 9.64. The van der Waals surface area contributed by atoms with Crippen molar-refractivity contribution in [3.8, 4) is 0 Å². The normalized spacial score (nSPS) is 21.6. The molecule has 3 N–H and O–H groups in total. The van der Waals surface area contributed by atoms with Crippen molar-refractivity contribution in [1.82, 2.24) is 15.5 Å². The third kappa shape index (κ3) is 5.07. The van der Waals surface area contributed by atoms with Crippen LogP contribution in [0.5, 0.6) is 0 Å². The Hall–Kier alpha value is -2.41. The third-order valence-electron chi connectivity index (χ3n) is 5.43. The van der Waals surface area contributed by atoms with Crippen LogP contribution in [-0.2, 0) is 20.8 Å². The van der Waals surface area contributed by atoms with Gasteiger partial charge >= 0.3 is 5.97 Å². The van der Waals surface area contributed by atoms with E-state index in [1.807, 2.05) is 35.2 Å². The van der Waals surface area contributed by atoms with E-state index in [0.29, 0.717) is 25.9 Å². The van der Waals surface area contributed by atoms with Crippen molar-refractivity contribution in [3.63, 3.8) is 0 Å². The molecule has 0 bridgehead atoms. The van der Waals surface area contributed by atoms with Crippen molar-refractivity contribution >= 4 is 17.8 Å². The van der Waals surface area contributed by atoms with Crippen molar-refractivity contribution in [2.75, 3.05) is 19.6 Å². The fraction of sp³-hybridized carbons (Fsp3) is 0.550. The minimum atomic E-state index is -1.04. The maximum atomic E-state index is 12.5. The lowest BCUT2D eigenvalue weighted by Crippen LogP contribution is -2.50. The summed E-state index contributed by atoms with van der Waals surface area (Å²) in [6.45, 7) is 1.98. The average Bonchev–Trinajstić information content (AvgIpc) is 3.22. The van der Waals surface area contributed by atoms with Crippen molar-refractivity contribution in [1.29, 1.82) is 0 Å². The topological polar surface area (TPSA) is 98.7 Å². The van der Waals surface area contributed by atoms with Gasteiger partial charge in [0, 0.05) is 25.4 Å². The van der Waals surface area contributed by atoms with E-state index in [0.717, 1.165) is 24.9 Å². The second kappa shape index (κ2) is 8.99. The quantitative estimate of drug-likeness (QED) is 0.685. The van der Waals surface area contributed by atoms with Gasteiger partial charge in [0.05, 0.1) is 6.04 Å². The Kier molecular flexibility index (Phi) is 6.45. The van der Waals surface area contributed by atoms with E-state index in [-0.39, 0.29) is 30.2 Å². The summed E-state index contributed by atoms with van der Waals surface area (Å²) in [5.41, 5.74) is 0.870. The van der Waals surface area contributed by atoms with E-state index in [2.05, 4.69) is 10.6 Å². The fourth-order valence-corrected chi connectivity index (χ4v) is 3.82. The van der Waals surface area contributed by atoms with Gasteiger partial charge in [0.15, 0.2) is 0 Å². The number of carbonyl (C=O) groups is 3. The van der Waals surface area contributed by atoms with Gasteiger partial charge in [-0.2, -0.15) is 0 Å². The van der Waals surface area contributed by atoms with Gasteiger partial charge in [-0.3, -0.25) is 9.59 Å². The Morgan fingerprint density at radius 2 is 1.85 bits per heavy atom. The molecule has 2 aliphatic heterocycles. The van der Waals surface area contributed by atoms with Gasteiger partial charge in [0.25, 0.3) is 0 Å². The van der Waals surface area contributed by atoms with Gasteiger partial charge in [-0.25, -0.2) is 4.79 Å². The van der Waals surface area contributed by atoms with Crippen LogP contribution in [0.25, 0.3) is 0 Å². The molecule has 7 nitrogen and oxygen atoms in total. The van der Waals surface area contributed by atoms with E-state index in [4.69, 9.17) is 0 Å². The Morgan fingerprint density at radius 1 is 1.15 bits per heavy atom. The van der Waals surface area contributed by atoms with Gasteiger partial charge in [-0.15, -0.1) is 0 Å². The average molecular weight is 373 g/mol. The zero-order chi connectivity index (χ0) is 19.2. The van der Waals surface area contributed by atoms with Gasteiger partial charge in [-0.05, 0) is 37.8 Å². The lowest BCUT2D eigenvalue weighted by atomic mass is 9.94. The highest BCUT2D eigenvalue weighted by atomic mass is 16.4. The molecule has 2 saturated heterocycles. The number of piperidine rings is 1. The predicted molar refractivity (Wildman–Crippen MR) is 100 cm³/mol. The Bertz CT molecular complexity index is 665. The van der Waals surface area contributed by atoms with Crippen molar-refractivity contribution in [2.45, 2.75) is 44.2 Å². The molecule has 2 fully saturated rings. The minimum Gasteiger partial charge on any atom is -0.480 e. The summed E-state index contributed by atoms with van der Waals surface area (Å²) in [5, 5.41) is 15.3. The van der Waals surface area contributed by atoms with Crippen LogP contribution >= 0.6 is 0 Å². The highest BCUT2D eigenvalue weighted by molar-refractivity contribution is 5.86. The van der Waals surface area contributed by atoms with Crippen LogP contribution < -0.4 is 10.6 Å². The van der Waals surface area contributed by atoms with Crippen LogP contribution in [0.4, 0.5) is 0 Å². The zero-order valence-corrected chi connectivity index (χ0v) is 15.4. The fourth-order valence-electron chi connectivity index (χ4n) is 3.82. The van der Waals surface area contributed by atoms with E-state index in [9.17, 15) is 19.5 Å².